The molecule has 1 aliphatic heterocycles. The molecule has 0 saturated heterocycles. The van der Waals surface area contributed by atoms with Crippen molar-refractivity contribution in [2.75, 3.05) is 11.9 Å². The van der Waals surface area contributed by atoms with Crippen molar-refractivity contribution in [3.05, 3.63) is 72.4 Å². The van der Waals surface area contributed by atoms with Gasteiger partial charge in [0.15, 0.2) is 5.78 Å². The van der Waals surface area contributed by atoms with Gasteiger partial charge in [-0.3, -0.25) is 9.79 Å². The molecule has 6 nitrogen and oxygen atoms in total. The zero-order valence-electron chi connectivity index (χ0n) is 18.1. The fourth-order valence-corrected chi connectivity index (χ4v) is 4.47. The minimum atomic E-state index is -0.824. The number of aliphatic imine (C=N–C) groups is 1. The van der Waals surface area contributed by atoms with Crippen LogP contribution in [0.25, 0.3) is 0 Å². The van der Waals surface area contributed by atoms with Crippen LogP contribution in [0.1, 0.15) is 37.1 Å². The average molecular weight is 418 g/mol. The van der Waals surface area contributed by atoms with Gasteiger partial charge in [-0.25, -0.2) is 4.98 Å². The first-order valence-electron chi connectivity index (χ1n) is 11.1. The van der Waals surface area contributed by atoms with Crippen molar-refractivity contribution in [1.29, 1.82) is 0 Å². The van der Waals surface area contributed by atoms with E-state index < -0.39 is 5.41 Å². The second kappa shape index (κ2) is 9.33. The van der Waals surface area contributed by atoms with E-state index in [1.54, 1.807) is 12.2 Å². The number of nitrogens with two attached hydrogens (primary N) is 1. The van der Waals surface area contributed by atoms with E-state index >= 15 is 0 Å². The number of aromatic nitrogens is 2. The van der Waals surface area contributed by atoms with Crippen LogP contribution in [0.4, 0.5) is 5.69 Å². The molecular weight excluding hydrogens is 386 g/mol. The molecule has 162 valence electrons. The van der Waals surface area contributed by atoms with Gasteiger partial charge < -0.3 is 15.6 Å². The largest absolute Gasteiger partial charge is 0.386 e. The average Bonchev–Trinajstić information content (AvgIpc) is 3.19. The summed E-state index contributed by atoms with van der Waals surface area (Å²) in [5, 5.41) is 3.44. The summed E-state index contributed by atoms with van der Waals surface area (Å²) in [7, 11) is 2.02. The molecule has 0 spiro atoms. The van der Waals surface area contributed by atoms with Gasteiger partial charge in [0.1, 0.15) is 17.1 Å². The number of unbranched alkanes of at least 4 members (excludes halogenated alkanes) is 2. The van der Waals surface area contributed by atoms with Gasteiger partial charge in [0.25, 0.3) is 0 Å². The molecule has 0 radical (unpaired) electrons. The lowest BCUT2D eigenvalue weighted by molar-refractivity contribution is -0.119. The van der Waals surface area contributed by atoms with Gasteiger partial charge in [-0.1, -0.05) is 49.3 Å². The molecule has 3 N–H and O–H groups in total. The van der Waals surface area contributed by atoms with Crippen LogP contribution in [-0.2, 0) is 24.7 Å². The minimum Gasteiger partial charge on any atom is -0.386 e. The molecule has 0 saturated carbocycles. The van der Waals surface area contributed by atoms with Crippen molar-refractivity contribution >= 4 is 17.3 Å². The molecule has 1 aromatic carbocycles. The number of aryl methyl sites for hydroxylation is 2. The summed E-state index contributed by atoms with van der Waals surface area (Å²) in [5.41, 5.74) is 8.11. The minimum absolute atomic E-state index is 0.0299. The van der Waals surface area contributed by atoms with Crippen LogP contribution in [0.2, 0.25) is 0 Å². The molecule has 0 bridgehead atoms. The lowest BCUT2D eigenvalue weighted by atomic mass is 9.75. The molecule has 31 heavy (non-hydrogen) atoms. The maximum atomic E-state index is 13.0. The first-order valence-corrected chi connectivity index (χ1v) is 11.1. The molecule has 2 aromatic rings. The van der Waals surface area contributed by atoms with E-state index in [-0.39, 0.29) is 11.8 Å². The Bertz CT molecular complexity index is 1020. The molecule has 2 unspecified atom stereocenters. The van der Waals surface area contributed by atoms with Crippen LogP contribution < -0.4 is 11.1 Å². The number of amidine groups is 1. The molecule has 4 rings (SSSR count). The van der Waals surface area contributed by atoms with Crippen LogP contribution in [0.15, 0.2) is 66.0 Å². The highest BCUT2D eigenvalue weighted by atomic mass is 16.1. The first kappa shape index (κ1) is 21.1. The van der Waals surface area contributed by atoms with Crippen LogP contribution in [0.3, 0.4) is 0 Å². The lowest BCUT2D eigenvalue weighted by Crippen LogP contribution is -2.44. The molecule has 2 atom stereocenters. The quantitative estimate of drug-likeness (QED) is 0.390. The SMILES string of the molecule is Cn1ccnc1CCCCCC1(C(N)=NC2CNc3ccccc3C2)C=CC=CC1=O. The molecule has 1 aromatic heterocycles. The topological polar surface area (TPSA) is 85.3 Å². The van der Waals surface area contributed by atoms with Crippen LogP contribution in [0, 0.1) is 5.41 Å². The summed E-state index contributed by atoms with van der Waals surface area (Å²) in [4.78, 5) is 22.2. The standard InChI is InChI=1S/C25H31N5O/c1-30-16-15-27-23(30)12-3-2-7-13-25(14-8-6-11-22(25)31)24(26)29-20-17-19-9-4-5-10-21(19)28-18-20/h4-6,8-11,14-16,20,28H,2-3,7,12-13,17-18H2,1H3,(H2,26,29). The summed E-state index contributed by atoms with van der Waals surface area (Å²) in [6.45, 7) is 0.727. The second-order valence-electron chi connectivity index (χ2n) is 8.48. The summed E-state index contributed by atoms with van der Waals surface area (Å²) < 4.78 is 2.06. The first-order chi connectivity index (χ1) is 15.1. The Balaban J connectivity index is 1.41. The van der Waals surface area contributed by atoms with Crippen molar-refractivity contribution in [2.45, 2.75) is 44.6 Å². The molecule has 1 aliphatic carbocycles. The molecule has 2 heterocycles. The molecule has 2 aliphatic rings. The van der Waals surface area contributed by atoms with Crippen molar-refractivity contribution < 1.29 is 4.79 Å². The van der Waals surface area contributed by atoms with E-state index in [4.69, 9.17) is 10.7 Å². The van der Waals surface area contributed by atoms with Gasteiger partial charge in [-0.2, -0.15) is 0 Å². The normalized spacial score (nSPS) is 22.9. The highest BCUT2D eigenvalue weighted by molar-refractivity contribution is 6.15. The number of fused-ring (bicyclic) bond motifs is 1. The number of carbonyl (C=O) groups excluding carboxylic acids is 1. The van der Waals surface area contributed by atoms with Gasteiger partial charge in [-0.05, 0) is 37.0 Å². The fraction of sp³-hybridized carbons (Fsp3) is 0.400. The smallest absolute Gasteiger partial charge is 0.173 e. The summed E-state index contributed by atoms with van der Waals surface area (Å²) >= 11 is 0. The molecule has 6 heteroatoms. The predicted molar refractivity (Wildman–Crippen MR) is 125 cm³/mol. The van der Waals surface area contributed by atoms with Gasteiger partial charge in [0.05, 0.1) is 6.04 Å². The summed E-state index contributed by atoms with van der Waals surface area (Å²) in [6, 6.07) is 8.31. The van der Waals surface area contributed by atoms with E-state index in [1.807, 2.05) is 43.7 Å². The number of allylic oxidation sites excluding steroid dienone is 3. The lowest BCUT2D eigenvalue weighted by Gasteiger charge is -2.31. The highest BCUT2D eigenvalue weighted by Gasteiger charge is 2.39. The number of nitrogens with zero attached hydrogens (tertiary/aromatic N) is 3. The maximum Gasteiger partial charge on any atom is 0.173 e. The monoisotopic (exact) mass is 417 g/mol. The molecular formula is C25H31N5O. The highest BCUT2D eigenvalue weighted by Crippen LogP contribution is 2.33. The number of imidazole rings is 1. The van der Waals surface area contributed by atoms with E-state index in [2.05, 4.69) is 27.0 Å². The van der Waals surface area contributed by atoms with E-state index in [0.717, 1.165) is 50.2 Å². The van der Waals surface area contributed by atoms with Gasteiger partial charge in [0.2, 0.25) is 0 Å². The van der Waals surface area contributed by atoms with Crippen LogP contribution >= 0.6 is 0 Å². The Hall–Kier alpha value is -3.15. The predicted octanol–water partition coefficient (Wildman–Crippen LogP) is 3.60. The van der Waals surface area contributed by atoms with Gasteiger partial charge >= 0.3 is 0 Å². The fourth-order valence-electron chi connectivity index (χ4n) is 4.47. The Kier molecular flexibility index (Phi) is 6.35. The summed E-state index contributed by atoms with van der Waals surface area (Å²) in [6.07, 6.45) is 16.5. The van der Waals surface area contributed by atoms with Crippen molar-refractivity contribution in [2.24, 2.45) is 23.2 Å². The molecule has 0 fully saturated rings. The maximum absolute atomic E-state index is 13.0. The third kappa shape index (κ3) is 4.63. The van der Waals surface area contributed by atoms with Gasteiger partial charge in [-0.15, -0.1) is 0 Å². The zero-order valence-corrected chi connectivity index (χ0v) is 18.1. The Morgan fingerprint density at radius 2 is 2.16 bits per heavy atom. The third-order valence-corrected chi connectivity index (χ3v) is 6.35. The van der Waals surface area contributed by atoms with Crippen molar-refractivity contribution in [1.82, 2.24) is 9.55 Å². The van der Waals surface area contributed by atoms with E-state index in [0.29, 0.717) is 12.3 Å². The number of nitrogens with one attached hydrogen (secondary N) is 1. The number of hydrogen-bond donors (Lipinski definition) is 2. The number of hydrogen-bond acceptors (Lipinski definition) is 4. The van der Waals surface area contributed by atoms with E-state index in [1.165, 1.54) is 5.56 Å². The number of rotatable bonds is 8. The van der Waals surface area contributed by atoms with Crippen LogP contribution in [0.5, 0.6) is 0 Å². The van der Waals surface area contributed by atoms with Gasteiger partial charge in [0, 0.05) is 38.1 Å². The third-order valence-electron chi connectivity index (χ3n) is 6.35. The van der Waals surface area contributed by atoms with Crippen LogP contribution in [-0.4, -0.2) is 33.8 Å². The Morgan fingerprint density at radius 1 is 1.29 bits per heavy atom. The number of anilines is 1. The number of benzene rings is 1. The Morgan fingerprint density at radius 3 is 2.97 bits per heavy atom. The number of para-hydroxylation sites is 1. The zero-order chi connectivity index (χ0) is 21.7. The number of ketones is 1. The van der Waals surface area contributed by atoms with Crippen molar-refractivity contribution in [3.8, 4) is 0 Å². The second-order valence-corrected chi connectivity index (χ2v) is 8.48. The number of carbonyl (C=O) groups is 1. The molecule has 0 amide bonds. The van der Waals surface area contributed by atoms with Crippen molar-refractivity contribution in [3.63, 3.8) is 0 Å². The summed E-state index contributed by atoms with van der Waals surface area (Å²) in [5.74, 6) is 1.57. The Labute approximate surface area is 184 Å². The van der Waals surface area contributed by atoms with E-state index in [9.17, 15) is 4.79 Å².